The summed E-state index contributed by atoms with van der Waals surface area (Å²) in [5.41, 5.74) is 3.06. The number of rotatable bonds is 6. The molecule has 0 saturated heterocycles. The van der Waals surface area contributed by atoms with Gasteiger partial charge in [0.05, 0.1) is 30.3 Å². The van der Waals surface area contributed by atoms with Crippen LogP contribution >= 0.6 is 0 Å². The number of amides is 1. The van der Waals surface area contributed by atoms with Crippen molar-refractivity contribution >= 4 is 5.91 Å². The number of pyridine rings is 1. The van der Waals surface area contributed by atoms with Gasteiger partial charge in [-0.3, -0.25) is 24.2 Å². The Morgan fingerprint density at radius 2 is 1.96 bits per heavy atom. The Kier molecular flexibility index (Phi) is 5.67. The van der Waals surface area contributed by atoms with Crippen LogP contribution in [0.1, 0.15) is 32.9 Å². The fourth-order valence-corrected chi connectivity index (χ4v) is 2.92. The van der Waals surface area contributed by atoms with Crippen molar-refractivity contribution in [2.45, 2.75) is 26.8 Å². The Labute approximate surface area is 163 Å². The fraction of sp³-hybridized carbons (Fsp3) is 0.350. The Balaban J connectivity index is 1.78. The molecule has 0 radical (unpaired) electrons. The molecule has 0 bridgehead atoms. The van der Waals surface area contributed by atoms with E-state index in [2.05, 4.69) is 15.1 Å². The van der Waals surface area contributed by atoms with E-state index in [0.29, 0.717) is 24.2 Å². The zero-order valence-electron chi connectivity index (χ0n) is 16.6. The largest absolute Gasteiger partial charge is 0.341 e. The summed E-state index contributed by atoms with van der Waals surface area (Å²) in [6.45, 7) is 4.40. The van der Waals surface area contributed by atoms with Crippen LogP contribution in [-0.4, -0.2) is 48.7 Å². The molecule has 8 nitrogen and oxygen atoms in total. The molecule has 0 saturated carbocycles. The molecule has 28 heavy (non-hydrogen) atoms. The highest BCUT2D eigenvalue weighted by Gasteiger charge is 2.20. The first kappa shape index (κ1) is 19.5. The Bertz CT molecular complexity index is 1040. The van der Waals surface area contributed by atoms with Gasteiger partial charge >= 0.3 is 0 Å². The first-order chi connectivity index (χ1) is 13.3. The summed E-state index contributed by atoms with van der Waals surface area (Å²) in [6.07, 6.45) is 9.36. The smallest absolute Gasteiger partial charge is 0.264 e. The highest BCUT2D eigenvalue weighted by Crippen LogP contribution is 2.08. The molecule has 3 rings (SSSR count). The lowest BCUT2D eigenvalue weighted by atomic mass is 10.1. The maximum absolute atomic E-state index is 12.9. The second kappa shape index (κ2) is 8.16. The number of aromatic nitrogens is 5. The molecular formula is C20H24N6O2. The second-order valence-electron chi connectivity index (χ2n) is 6.95. The standard InChI is InChI=1S/C20H24N6O2/c1-14-5-8-26(13-17-11-21-15(2)9-22-17)20(28)18(14)19(27)24(3)7-6-16-10-23-25(4)12-16/h5,8-12H,6-7,13H2,1-4H3. The van der Waals surface area contributed by atoms with Crippen molar-refractivity contribution in [2.75, 3.05) is 13.6 Å². The van der Waals surface area contributed by atoms with Crippen LogP contribution in [0.15, 0.2) is 41.8 Å². The van der Waals surface area contributed by atoms with E-state index in [1.165, 1.54) is 4.57 Å². The quantitative estimate of drug-likeness (QED) is 0.644. The topological polar surface area (TPSA) is 85.9 Å². The van der Waals surface area contributed by atoms with Gasteiger partial charge < -0.3 is 9.47 Å². The molecule has 0 aliphatic rings. The van der Waals surface area contributed by atoms with Crippen molar-refractivity contribution in [3.63, 3.8) is 0 Å². The molecule has 0 unspecified atom stereocenters. The molecule has 8 heteroatoms. The summed E-state index contributed by atoms with van der Waals surface area (Å²) < 4.78 is 3.22. The van der Waals surface area contributed by atoms with Gasteiger partial charge in [-0.25, -0.2) is 0 Å². The summed E-state index contributed by atoms with van der Waals surface area (Å²) >= 11 is 0. The molecule has 0 spiro atoms. The van der Waals surface area contributed by atoms with Crippen molar-refractivity contribution in [3.8, 4) is 0 Å². The average molecular weight is 380 g/mol. The lowest BCUT2D eigenvalue weighted by Gasteiger charge is -2.18. The molecule has 0 fully saturated rings. The van der Waals surface area contributed by atoms with Crippen LogP contribution in [0, 0.1) is 13.8 Å². The molecular weight excluding hydrogens is 356 g/mol. The third-order valence-electron chi connectivity index (χ3n) is 4.60. The number of nitrogens with zero attached hydrogens (tertiary/aromatic N) is 6. The van der Waals surface area contributed by atoms with Gasteiger partial charge in [-0.05, 0) is 37.5 Å². The highest BCUT2D eigenvalue weighted by atomic mass is 16.2. The van der Waals surface area contributed by atoms with Crippen molar-refractivity contribution in [2.24, 2.45) is 7.05 Å². The first-order valence-electron chi connectivity index (χ1n) is 9.05. The fourth-order valence-electron chi connectivity index (χ4n) is 2.92. The van der Waals surface area contributed by atoms with E-state index in [-0.39, 0.29) is 23.6 Å². The van der Waals surface area contributed by atoms with E-state index in [1.54, 1.807) is 54.4 Å². The van der Waals surface area contributed by atoms with Crippen molar-refractivity contribution < 1.29 is 4.79 Å². The number of hydrogen-bond donors (Lipinski definition) is 0. The Hall–Kier alpha value is -3.29. The van der Waals surface area contributed by atoms with Gasteiger partial charge in [0, 0.05) is 39.2 Å². The van der Waals surface area contributed by atoms with E-state index >= 15 is 0 Å². The number of likely N-dealkylation sites (N-methyl/N-ethyl adjacent to an activating group) is 1. The van der Waals surface area contributed by atoms with E-state index in [4.69, 9.17) is 0 Å². The zero-order chi connectivity index (χ0) is 20.3. The van der Waals surface area contributed by atoms with E-state index in [9.17, 15) is 9.59 Å². The molecule has 0 aliphatic carbocycles. The van der Waals surface area contributed by atoms with E-state index in [1.807, 2.05) is 20.2 Å². The summed E-state index contributed by atoms with van der Waals surface area (Å²) in [7, 11) is 3.56. The SMILES string of the molecule is Cc1cnc(Cn2ccc(C)c(C(=O)N(C)CCc3cnn(C)c3)c2=O)cn1. The van der Waals surface area contributed by atoms with Crippen LogP contribution in [0.3, 0.4) is 0 Å². The molecule has 0 N–H and O–H groups in total. The van der Waals surface area contributed by atoms with Crippen LogP contribution in [0.4, 0.5) is 0 Å². The summed E-state index contributed by atoms with van der Waals surface area (Å²) in [6, 6.07) is 1.78. The summed E-state index contributed by atoms with van der Waals surface area (Å²) in [4.78, 5) is 35.9. The minimum absolute atomic E-state index is 0.191. The monoisotopic (exact) mass is 380 g/mol. The molecule has 3 aromatic heterocycles. The Morgan fingerprint density at radius 3 is 2.61 bits per heavy atom. The molecule has 1 amide bonds. The summed E-state index contributed by atoms with van der Waals surface area (Å²) in [5.74, 6) is -0.282. The maximum atomic E-state index is 12.9. The number of aryl methyl sites for hydroxylation is 3. The van der Waals surface area contributed by atoms with E-state index < -0.39 is 0 Å². The molecule has 146 valence electrons. The van der Waals surface area contributed by atoms with Crippen molar-refractivity contribution in [3.05, 3.63) is 75.5 Å². The number of carbonyl (C=O) groups is 1. The third kappa shape index (κ3) is 4.33. The number of carbonyl (C=O) groups excluding carboxylic acids is 1. The van der Waals surface area contributed by atoms with Gasteiger partial charge in [0.15, 0.2) is 0 Å². The van der Waals surface area contributed by atoms with Gasteiger partial charge in [0.1, 0.15) is 5.56 Å². The molecule has 0 aliphatic heterocycles. The van der Waals surface area contributed by atoms with Gasteiger partial charge in [0.2, 0.25) is 0 Å². The molecule has 3 heterocycles. The minimum Gasteiger partial charge on any atom is -0.341 e. The van der Waals surface area contributed by atoms with Crippen LogP contribution in [0.5, 0.6) is 0 Å². The summed E-state index contributed by atoms with van der Waals surface area (Å²) in [5, 5.41) is 4.13. The van der Waals surface area contributed by atoms with Crippen molar-refractivity contribution in [1.29, 1.82) is 0 Å². The van der Waals surface area contributed by atoms with E-state index in [0.717, 1.165) is 11.3 Å². The highest BCUT2D eigenvalue weighted by molar-refractivity contribution is 5.95. The van der Waals surface area contributed by atoms with Gasteiger partial charge in [-0.2, -0.15) is 5.10 Å². The predicted molar refractivity (Wildman–Crippen MR) is 105 cm³/mol. The second-order valence-corrected chi connectivity index (χ2v) is 6.95. The van der Waals surface area contributed by atoms with Gasteiger partial charge in [-0.15, -0.1) is 0 Å². The lowest BCUT2D eigenvalue weighted by molar-refractivity contribution is 0.0793. The molecule has 3 aromatic rings. The van der Waals surface area contributed by atoms with Crippen molar-refractivity contribution in [1.82, 2.24) is 29.2 Å². The van der Waals surface area contributed by atoms with Crippen LogP contribution in [-0.2, 0) is 20.0 Å². The average Bonchev–Trinajstić information content (AvgIpc) is 3.09. The first-order valence-corrected chi connectivity index (χ1v) is 9.05. The van der Waals surface area contributed by atoms with Crippen LogP contribution < -0.4 is 5.56 Å². The van der Waals surface area contributed by atoms with Gasteiger partial charge in [-0.1, -0.05) is 0 Å². The van der Waals surface area contributed by atoms with Gasteiger partial charge in [0.25, 0.3) is 11.5 Å². The predicted octanol–water partition coefficient (Wildman–Crippen LogP) is 1.35. The maximum Gasteiger partial charge on any atom is 0.264 e. The Morgan fingerprint density at radius 1 is 1.18 bits per heavy atom. The number of hydrogen-bond acceptors (Lipinski definition) is 5. The normalized spacial score (nSPS) is 10.9. The minimum atomic E-state index is -0.319. The molecule has 0 aromatic carbocycles. The lowest BCUT2D eigenvalue weighted by Crippen LogP contribution is -2.36. The molecule has 0 atom stereocenters. The van der Waals surface area contributed by atoms with Crippen LogP contribution in [0.2, 0.25) is 0 Å². The third-order valence-corrected chi connectivity index (χ3v) is 4.60. The zero-order valence-corrected chi connectivity index (χ0v) is 16.6. The van der Waals surface area contributed by atoms with Crippen LogP contribution in [0.25, 0.3) is 0 Å².